The van der Waals surface area contributed by atoms with E-state index < -0.39 is 26.5 Å². The molecule has 2 atom stereocenters. The van der Waals surface area contributed by atoms with Gasteiger partial charge in [0, 0.05) is 12.8 Å². The van der Waals surface area contributed by atoms with E-state index in [1.54, 1.807) is 0 Å². The van der Waals surface area contributed by atoms with Gasteiger partial charge in [-0.05, 0) is 103 Å². The van der Waals surface area contributed by atoms with Crippen LogP contribution < -0.4 is 0 Å². The van der Waals surface area contributed by atoms with Crippen LogP contribution in [0.5, 0.6) is 0 Å². The first-order chi connectivity index (χ1) is 40.0. The minimum absolute atomic E-state index is 0.0281. The van der Waals surface area contributed by atoms with Crippen molar-refractivity contribution in [2.75, 3.05) is 47.5 Å². The van der Waals surface area contributed by atoms with Crippen molar-refractivity contribution in [1.29, 1.82) is 0 Å². The van der Waals surface area contributed by atoms with Crippen molar-refractivity contribution in [3.8, 4) is 0 Å². The van der Waals surface area contributed by atoms with Crippen LogP contribution in [-0.4, -0.2) is 74.9 Å². The van der Waals surface area contributed by atoms with Crippen LogP contribution >= 0.6 is 7.82 Å². The molecule has 0 rings (SSSR count). The Bertz CT molecular complexity index is 1750. The van der Waals surface area contributed by atoms with Crippen LogP contribution in [0.3, 0.4) is 0 Å². The van der Waals surface area contributed by atoms with E-state index in [1.165, 1.54) is 154 Å². The summed E-state index contributed by atoms with van der Waals surface area (Å²) in [6.45, 7) is 4.30. The van der Waals surface area contributed by atoms with Crippen molar-refractivity contribution in [2.45, 2.75) is 290 Å². The van der Waals surface area contributed by atoms with Crippen molar-refractivity contribution in [2.24, 2.45) is 0 Å². The molecule has 10 heteroatoms. The molecular weight excluding hydrogens is 1040 g/mol. The molecule has 0 aliphatic heterocycles. The summed E-state index contributed by atoms with van der Waals surface area (Å²) < 4.78 is 34.6. The number of phosphoric ester groups is 1. The minimum atomic E-state index is -4.39. The predicted octanol–water partition coefficient (Wildman–Crippen LogP) is 21.7. The third-order valence-corrected chi connectivity index (χ3v) is 15.3. The van der Waals surface area contributed by atoms with Crippen LogP contribution in [0, 0.1) is 0 Å². The summed E-state index contributed by atoms with van der Waals surface area (Å²) in [5.74, 6) is -0.801. The normalized spacial score (nSPS) is 13.9. The van der Waals surface area contributed by atoms with Gasteiger partial charge in [-0.1, -0.05) is 277 Å². The molecule has 0 aliphatic rings. The molecule has 1 N–H and O–H groups in total. The van der Waals surface area contributed by atoms with Crippen LogP contribution in [0.15, 0.2) is 109 Å². The zero-order chi connectivity index (χ0) is 59.8. The maximum absolute atomic E-state index is 12.9. The van der Waals surface area contributed by atoms with E-state index in [1.807, 2.05) is 21.1 Å². The third-order valence-electron chi connectivity index (χ3n) is 14.3. The van der Waals surface area contributed by atoms with Gasteiger partial charge in [0.25, 0.3) is 0 Å². The maximum Gasteiger partial charge on any atom is 0.472 e. The molecule has 0 saturated carbocycles. The average molecular weight is 1170 g/mol. The van der Waals surface area contributed by atoms with Crippen LogP contribution in [0.1, 0.15) is 284 Å². The number of esters is 2. The van der Waals surface area contributed by atoms with E-state index in [0.29, 0.717) is 17.4 Å². The van der Waals surface area contributed by atoms with E-state index in [-0.39, 0.29) is 32.0 Å². The molecule has 0 amide bonds. The van der Waals surface area contributed by atoms with Crippen molar-refractivity contribution >= 4 is 19.8 Å². The third kappa shape index (κ3) is 65.8. The molecule has 9 nitrogen and oxygen atoms in total. The summed E-state index contributed by atoms with van der Waals surface area (Å²) in [5.41, 5.74) is 0. The van der Waals surface area contributed by atoms with Crippen molar-refractivity contribution in [1.82, 2.24) is 0 Å². The molecule has 472 valence electrons. The molecular formula is C72H127NO8P+. The van der Waals surface area contributed by atoms with E-state index in [4.69, 9.17) is 18.5 Å². The lowest BCUT2D eigenvalue weighted by Crippen LogP contribution is -2.37. The molecule has 0 saturated heterocycles. The number of phosphoric acid groups is 1. The Hall–Kier alpha value is -3.33. The highest BCUT2D eigenvalue weighted by Crippen LogP contribution is 2.43. The number of quaternary nitrogens is 1. The quantitative estimate of drug-likeness (QED) is 0.0211. The summed E-state index contributed by atoms with van der Waals surface area (Å²) in [5, 5.41) is 0. The fourth-order valence-corrected chi connectivity index (χ4v) is 9.89. The van der Waals surface area contributed by atoms with Crippen molar-refractivity contribution < 1.29 is 42.1 Å². The Kier molecular flexibility index (Phi) is 59.7. The number of unbranched alkanes of at least 4 members (excludes halogenated alkanes) is 29. The molecule has 0 heterocycles. The molecule has 0 radical (unpaired) electrons. The summed E-state index contributed by atoms with van der Waals surface area (Å²) in [7, 11) is 1.47. The number of carbonyl (C=O) groups excluding carboxylic acids is 2. The maximum atomic E-state index is 12.9. The summed E-state index contributed by atoms with van der Waals surface area (Å²) in [4.78, 5) is 35.8. The topological polar surface area (TPSA) is 108 Å². The van der Waals surface area contributed by atoms with Gasteiger partial charge in [-0.2, -0.15) is 0 Å². The summed E-state index contributed by atoms with van der Waals surface area (Å²) in [6.07, 6.45) is 87.6. The number of nitrogens with zero attached hydrogens (tertiary/aromatic N) is 1. The second kappa shape index (κ2) is 62.2. The van der Waals surface area contributed by atoms with Crippen LogP contribution in [-0.2, 0) is 32.7 Å². The second-order valence-electron chi connectivity index (χ2n) is 23.5. The first kappa shape index (κ1) is 78.7. The molecule has 0 fully saturated rings. The second-order valence-corrected chi connectivity index (χ2v) is 24.9. The van der Waals surface area contributed by atoms with Gasteiger partial charge >= 0.3 is 19.8 Å². The molecule has 0 aliphatic carbocycles. The Balaban J connectivity index is 3.97. The monoisotopic (exact) mass is 1160 g/mol. The number of rotatable bonds is 61. The Morgan fingerprint density at radius 1 is 0.390 bits per heavy atom. The van der Waals surface area contributed by atoms with Gasteiger partial charge in [0.15, 0.2) is 6.10 Å². The van der Waals surface area contributed by atoms with Crippen molar-refractivity contribution in [3.05, 3.63) is 109 Å². The van der Waals surface area contributed by atoms with E-state index in [0.717, 1.165) is 96.3 Å². The molecule has 82 heavy (non-hydrogen) atoms. The predicted molar refractivity (Wildman–Crippen MR) is 353 cm³/mol. The zero-order valence-electron chi connectivity index (χ0n) is 53.7. The SMILES string of the molecule is CC/C=C\C/C=C\C/C=C\C/C=C\C/C=C\C/C=C\C/C=C\CCCCCCCCCCCCCCCCCCCCCC(=O)OC(COC(=O)CCCCCCCCC/C=C\C/C=C\CCCCC)COP(=O)(O)OCC[N+](C)(C)C. The number of hydrogen-bond acceptors (Lipinski definition) is 7. The molecule has 0 aromatic carbocycles. The van der Waals surface area contributed by atoms with Crippen LogP contribution in [0.25, 0.3) is 0 Å². The Labute approximate surface area is 506 Å². The van der Waals surface area contributed by atoms with E-state index in [9.17, 15) is 19.0 Å². The molecule has 0 spiro atoms. The lowest BCUT2D eigenvalue weighted by molar-refractivity contribution is -0.870. The summed E-state index contributed by atoms with van der Waals surface area (Å²) in [6, 6.07) is 0. The Morgan fingerprint density at radius 3 is 1.04 bits per heavy atom. The lowest BCUT2D eigenvalue weighted by atomic mass is 10.0. The Morgan fingerprint density at radius 2 is 0.695 bits per heavy atom. The van der Waals surface area contributed by atoms with E-state index >= 15 is 0 Å². The van der Waals surface area contributed by atoms with Gasteiger partial charge in [0.05, 0.1) is 27.7 Å². The molecule has 0 aromatic heterocycles. The highest BCUT2D eigenvalue weighted by atomic mass is 31.2. The standard InChI is InChI=1S/C72H126NO8P/c1-6-8-10-12-14-16-18-20-22-24-25-26-27-28-29-30-31-32-33-34-35-36-37-38-39-40-41-42-43-44-45-46-47-49-51-53-55-57-59-61-63-65-72(75)81-70(69-80-82(76,77)79-67-66-73(3,4)5)68-78-71(74)64-62-60-58-56-54-52-50-48-23-21-19-17-15-13-11-9-7-2/h8,10,14-17,20-23,25-26,28-29,31-32,34-35,70H,6-7,9,11-13,18-19,24,27,30,33,36-69H2,1-5H3/p+1/b10-8-,16-14-,17-15-,22-20-,23-21-,26-25-,29-28-,32-31-,35-34-. The van der Waals surface area contributed by atoms with Gasteiger partial charge in [-0.3, -0.25) is 18.6 Å². The minimum Gasteiger partial charge on any atom is -0.462 e. The number of ether oxygens (including phenoxy) is 2. The number of likely N-dealkylation sites (N-methyl/N-ethyl adjacent to an activating group) is 1. The largest absolute Gasteiger partial charge is 0.472 e. The summed E-state index contributed by atoms with van der Waals surface area (Å²) >= 11 is 0. The molecule has 0 bridgehead atoms. The van der Waals surface area contributed by atoms with Crippen molar-refractivity contribution in [3.63, 3.8) is 0 Å². The first-order valence-electron chi connectivity index (χ1n) is 33.6. The average Bonchev–Trinajstić information content (AvgIpc) is 3.45. The lowest BCUT2D eigenvalue weighted by Gasteiger charge is -2.24. The number of allylic oxidation sites excluding steroid dienone is 18. The van der Waals surface area contributed by atoms with Crippen LogP contribution in [0.4, 0.5) is 0 Å². The number of hydrogen-bond donors (Lipinski definition) is 1. The highest BCUT2D eigenvalue weighted by molar-refractivity contribution is 7.47. The first-order valence-corrected chi connectivity index (χ1v) is 35.1. The fourth-order valence-electron chi connectivity index (χ4n) is 9.15. The zero-order valence-corrected chi connectivity index (χ0v) is 54.6. The van der Waals surface area contributed by atoms with E-state index in [2.05, 4.69) is 123 Å². The van der Waals surface area contributed by atoms with Gasteiger partial charge in [-0.25, -0.2) is 4.57 Å². The molecule has 0 aromatic rings. The smallest absolute Gasteiger partial charge is 0.462 e. The van der Waals surface area contributed by atoms with Crippen LogP contribution in [0.2, 0.25) is 0 Å². The molecule has 2 unspecified atom stereocenters. The number of carbonyl (C=O) groups is 2. The fraction of sp³-hybridized carbons (Fsp3) is 0.722. The van der Waals surface area contributed by atoms with Gasteiger partial charge in [-0.15, -0.1) is 0 Å². The van der Waals surface area contributed by atoms with Gasteiger partial charge < -0.3 is 18.9 Å². The van der Waals surface area contributed by atoms with Gasteiger partial charge in [0.2, 0.25) is 0 Å². The highest BCUT2D eigenvalue weighted by Gasteiger charge is 2.27. The van der Waals surface area contributed by atoms with Gasteiger partial charge in [0.1, 0.15) is 19.8 Å².